The Morgan fingerprint density at radius 1 is 1.21 bits per heavy atom. The number of rotatable bonds is 9. The predicted molar refractivity (Wildman–Crippen MR) is 126 cm³/mol. The van der Waals surface area contributed by atoms with Crippen molar-refractivity contribution < 1.29 is 19.5 Å². The molecule has 1 aliphatic rings. The first-order valence-corrected chi connectivity index (χ1v) is 12.0. The van der Waals surface area contributed by atoms with Crippen molar-refractivity contribution in [2.75, 3.05) is 17.7 Å². The van der Waals surface area contributed by atoms with Crippen LogP contribution in [0.1, 0.15) is 44.9 Å². The SMILES string of the molecule is CCCCCSc1nnc2c(n1)O[C@H](c1cc(OCC)c([O-])c([N+](=O)[O-])c1)Nc1ccccc1-2. The summed E-state index contributed by atoms with van der Waals surface area (Å²) in [6.45, 7) is 4.04. The van der Waals surface area contributed by atoms with Gasteiger partial charge in [0.1, 0.15) is 5.75 Å². The minimum Gasteiger partial charge on any atom is -0.865 e. The normalized spacial score (nSPS) is 14.2. The molecule has 1 N–H and O–H groups in total. The van der Waals surface area contributed by atoms with Crippen LogP contribution in [0, 0.1) is 10.1 Å². The van der Waals surface area contributed by atoms with E-state index >= 15 is 0 Å². The average molecular weight is 483 g/mol. The number of para-hydroxylation sites is 1. The number of benzene rings is 2. The highest BCUT2D eigenvalue weighted by atomic mass is 32.2. The monoisotopic (exact) mass is 482 g/mol. The number of nitro benzene ring substituents is 1. The van der Waals surface area contributed by atoms with Crippen molar-refractivity contribution in [1.29, 1.82) is 0 Å². The number of hydrogen-bond acceptors (Lipinski definition) is 10. The highest BCUT2D eigenvalue weighted by Gasteiger charge is 2.28. The van der Waals surface area contributed by atoms with E-state index in [-0.39, 0.29) is 18.2 Å². The summed E-state index contributed by atoms with van der Waals surface area (Å²) in [5, 5.41) is 36.3. The third-order valence-electron chi connectivity index (χ3n) is 5.17. The van der Waals surface area contributed by atoms with Gasteiger partial charge in [-0.05, 0) is 25.5 Å². The van der Waals surface area contributed by atoms with E-state index in [1.807, 2.05) is 24.3 Å². The molecule has 0 radical (unpaired) electrons. The Hall–Kier alpha value is -3.60. The van der Waals surface area contributed by atoms with E-state index in [4.69, 9.17) is 9.47 Å². The molecule has 0 bridgehead atoms. The number of nitro groups is 1. The van der Waals surface area contributed by atoms with Crippen molar-refractivity contribution in [1.82, 2.24) is 15.2 Å². The lowest BCUT2D eigenvalue weighted by molar-refractivity contribution is -0.398. The van der Waals surface area contributed by atoms with Crippen LogP contribution in [0.3, 0.4) is 0 Å². The third-order valence-corrected chi connectivity index (χ3v) is 6.09. The topological polar surface area (TPSA) is 135 Å². The van der Waals surface area contributed by atoms with Crippen molar-refractivity contribution >= 4 is 23.1 Å². The number of nitrogens with zero attached hydrogens (tertiary/aromatic N) is 4. The molecule has 0 saturated carbocycles. The molecule has 1 aliphatic heterocycles. The van der Waals surface area contributed by atoms with E-state index in [1.165, 1.54) is 23.9 Å². The zero-order chi connectivity index (χ0) is 24.1. The highest BCUT2D eigenvalue weighted by molar-refractivity contribution is 7.99. The van der Waals surface area contributed by atoms with Gasteiger partial charge in [0.05, 0.1) is 11.5 Å². The van der Waals surface area contributed by atoms with Gasteiger partial charge < -0.3 is 19.9 Å². The summed E-state index contributed by atoms with van der Waals surface area (Å²) in [6, 6.07) is 10.1. The smallest absolute Gasteiger partial charge is 0.265 e. The Morgan fingerprint density at radius 3 is 2.79 bits per heavy atom. The molecule has 4 rings (SSSR count). The number of thioether (sulfide) groups is 1. The van der Waals surface area contributed by atoms with Crippen LogP contribution in [0.2, 0.25) is 0 Å². The van der Waals surface area contributed by atoms with Gasteiger partial charge in [-0.1, -0.05) is 49.7 Å². The number of nitrogens with one attached hydrogen (secondary N) is 1. The standard InChI is InChI=1S/C23H25N5O5S/c1-3-5-8-11-34-23-25-22-19(26-27-23)15-9-6-7-10-16(15)24-21(33-22)14-12-17(28(30)31)20(29)18(13-14)32-4-2/h6-7,9-10,12-13,21,24,29H,3-5,8,11H2,1-2H3/p-1/t21-/m1/s1. The zero-order valence-corrected chi connectivity index (χ0v) is 19.6. The number of unbranched alkanes of at least 4 members (excludes halogenated alkanes) is 2. The fourth-order valence-electron chi connectivity index (χ4n) is 3.53. The largest absolute Gasteiger partial charge is 0.865 e. The average Bonchev–Trinajstić information content (AvgIpc) is 2.99. The van der Waals surface area contributed by atoms with Crippen LogP contribution in [-0.4, -0.2) is 32.5 Å². The first-order valence-electron chi connectivity index (χ1n) is 11.0. The molecule has 0 spiro atoms. The van der Waals surface area contributed by atoms with Crippen LogP contribution in [-0.2, 0) is 0 Å². The van der Waals surface area contributed by atoms with Crippen molar-refractivity contribution in [3.05, 3.63) is 52.1 Å². The predicted octanol–water partition coefficient (Wildman–Crippen LogP) is 4.70. The van der Waals surface area contributed by atoms with E-state index in [2.05, 4.69) is 27.4 Å². The number of hydrogen-bond donors (Lipinski definition) is 1. The molecule has 1 atom stereocenters. The van der Waals surface area contributed by atoms with Gasteiger partial charge in [0.15, 0.2) is 11.9 Å². The number of aromatic nitrogens is 3. The summed E-state index contributed by atoms with van der Waals surface area (Å²) in [7, 11) is 0. The first-order chi connectivity index (χ1) is 16.5. The van der Waals surface area contributed by atoms with Crippen LogP contribution in [0.4, 0.5) is 11.4 Å². The lowest BCUT2D eigenvalue weighted by atomic mass is 10.1. The fourth-order valence-corrected chi connectivity index (χ4v) is 4.31. The number of anilines is 1. The molecule has 1 aromatic heterocycles. The lowest BCUT2D eigenvalue weighted by Gasteiger charge is -2.22. The molecule has 0 aliphatic carbocycles. The Bertz CT molecular complexity index is 1190. The summed E-state index contributed by atoms with van der Waals surface area (Å²) in [6.07, 6.45) is 2.41. The van der Waals surface area contributed by atoms with Crippen molar-refractivity contribution in [2.24, 2.45) is 0 Å². The van der Waals surface area contributed by atoms with Gasteiger partial charge in [-0.25, -0.2) is 0 Å². The molecule has 2 heterocycles. The van der Waals surface area contributed by atoms with Crippen LogP contribution >= 0.6 is 11.8 Å². The summed E-state index contributed by atoms with van der Waals surface area (Å²) in [5.41, 5.74) is 1.66. The van der Waals surface area contributed by atoms with E-state index in [1.54, 1.807) is 6.92 Å². The summed E-state index contributed by atoms with van der Waals surface area (Å²) in [4.78, 5) is 15.4. The Balaban J connectivity index is 1.75. The molecule has 10 nitrogen and oxygen atoms in total. The summed E-state index contributed by atoms with van der Waals surface area (Å²) < 4.78 is 11.6. The maximum absolute atomic E-state index is 12.4. The highest BCUT2D eigenvalue weighted by Crippen LogP contribution is 2.42. The minimum absolute atomic E-state index is 0.108. The second-order valence-corrected chi connectivity index (χ2v) is 8.61. The molecule has 0 unspecified atom stereocenters. The molecule has 0 amide bonds. The quantitative estimate of drug-likeness (QED) is 0.198. The Morgan fingerprint density at radius 2 is 2.03 bits per heavy atom. The van der Waals surface area contributed by atoms with Gasteiger partial charge in [-0.2, -0.15) is 4.98 Å². The molecule has 34 heavy (non-hydrogen) atoms. The molecule has 11 heteroatoms. The van der Waals surface area contributed by atoms with Crippen LogP contribution in [0.5, 0.6) is 17.4 Å². The molecular formula is C23H24N5O5S-. The first kappa shape index (κ1) is 23.6. The second kappa shape index (κ2) is 10.6. The van der Waals surface area contributed by atoms with Gasteiger partial charge in [0.2, 0.25) is 11.0 Å². The number of ether oxygens (including phenoxy) is 2. The number of fused-ring (bicyclic) bond motifs is 3. The fraction of sp³-hybridized carbons (Fsp3) is 0.348. The summed E-state index contributed by atoms with van der Waals surface area (Å²) >= 11 is 1.50. The van der Waals surface area contributed by atoms with E-state index < -0.39 is 22.6 Å². The van der Waals surface area contributed by atoms with E-state index in [0.29, 0.717) is 22.1 Å². The van der Waals surface area contributed by atoms with Crippen molar-refractivity contribution in [3.63, 3.8) is 0 Å². The van der Waals surface area contributed by atoms with Gasteiger partial charge in [0, 0.05) is 34.4 Å². The van der Waals surface area contributed by atoms with Crippen LogP contribution in [0.15, 0.2) is 41.6 Å². The Kier molecular flexibility index (Phi) is 7.31. The van der Waals surface area contributed by atoms with Gasteiger partial charge in [0.25, 0.3) is 5.69 Å². The third kappa shape index (κ3) is 4.98. The second-order valence-electron chi connectivity index (χ2n) is 7.55. The van der Waals surface area contributed by atoms with Crippen LogP contribution < -0.4 is 19.9 Å². The van der Waals surface area contributed by atoms with Gasteiger partial charge in [-0.15, -0.1) is 10.2 Å². The molecule has 2 aromatic carbocycles. The van der Waals surface area contributed by atoms with E-state index in [0.717, 1.165) is 30.6 Å². The Labute approximate surface area is 200 Å². The maximum atomic E-state index is 12.4. The van der Waals surface area contributed by atoms with Crippen molar-refractivity contribution in [2.45, 2.75) is 44.5 Å². The molecule has 0 fully saturated rings. The molecule has 0 saturated heterocycles. The minimum atomic E-state index is -0.879. The van der Waals surface area contributed by atoms with Gasteiger partial charge >= 0.3 is 0 Å². The molecular weight excluding hydrogens is 458 g/mol. The summed E-state index contributed by atoms with van der Waals surface area (Å²) in [5.74, 6) is 0.228. The zero-order valence-electron chi connectivity index (χ0n) is 18.8. The van der Waals surface area contributed by atoms with Crippen LogP contribution in [0.25, 0.3) is 11.3 Å². The maximum Gasteiger partial charge on any atom is 0.265 e. The molecule has 3 aromatic rings. The van der Waals surface area contributed by atoms with Gasteiger partial charge in [-0.3, -0.25) is 10.1 Å². The van der Waals surface area contributed by atoms with Crippen molar-refractivity contribution in [3.8, 4) is 28.6 Å². The van der Waals surface area contributed by atoms with E-state index in [9.17, 15) is 15.2 Å². The molecule has 178 valence electrons. The lowest BCUT2D eigenvalue weighted by Crippen LogP contribution is -2.18.